The molecule has 0 saturated carbocycles. The molecule has 1 aromatic rings. The smallest absolute Gasteiger partial charge is 0.243 e. The molecule has 0 spiro atoms. The summed E-state index contributed by atoms with van der Waals surface area (Å²) in [5, 5.41) is 7.62. The molecule has 0 radical (unpaired) electrons. The summed E-state index contributed by atoms with van der Waals surface area (Å²) in [5.74, 6) is 2.12. The van der Waals surface area contributed by atoms with Crippen molar-refractivity contribution in [2.75, 3.05) is 32.8 Å². The topological polar surface area (TPSA) is 63.4 Å². The summed E-state index contributed by atoms with van der Waals surface area (Å²) < 4.78 is 11.3. The molecule has 6 nitrogen and oxygen atoms in total. The van der Waals surface area contributed by atoms with Crippen molar-refractivity contribution in [3.8, 4) is 0 Å². The van der Waals surface area contributed by atoms with E-state index >= 15 is 0 Å². The van der Waals surface area contributed by atoms with E-state index in [9.17, 15) is 0 Å². The summed E-state index contributed by atoms with van der Waals surface area (Å²) in [6.45, 7) is 9.20. The molecule has 3 atom stereocenters. The zero-order chi connectivity index (χ0) is 14.7. The summed E-state index contributed by atoms with van der Waals surface area (Å²) >= 11 is 0. The van der Waals surface area contributed by atoms with E-state index < -0.39 is 0 Å². The molecule has 118 valence electrons. The lowest BCUT2D eigenvalue weighted by molar-refractivity contribution is -0.0350. The minimum atomic E-state index is -0.0520. The molecule has 2 aliphatic heterocycles. The third kappa shape index (κ3) is 3.62. The van der Waals surface area contributed by atoms with Crippen molar-refractivity contribution in [3.05, 3.63) is 11.7 Å². The molecule has 6 heteroatoms. The number of morpholine rings is 1. The van der Waals surface area contributed by atoms with E-state index in [-0.39, 0.29) is 12.1 Å². The minimum Gasteiger partial charge on any atom is -0.367 e. The van der Waals surface area contributed by atoms with Gasteiger partial charge in [0, 0.05) is 13.1 Å². The number of hydrogen-bond acceptors (Lipinski definition) is 6. The minimum absolute atomic E-state index is 0.0520. The first-order valence-corrected chi connectivity index (χ1v) is 8.17. The Kier molecular flexibility index (Phi) is 4.87. The van der Waals surface area contributed by atoms with E-state index in [1.54, 1.807) is 0 Å². The van der Waals surface area contributed by atoms with Crippen molar-refractivity contribution >= 4 is 0 Å². The maximum absolute atomic E-state index is 5.82. The van der Waals surface area contributed by atoms with Crippen LogP contribution in [0.4, 0.5) is 0 Å². The summed E-state index contributed by atoms with van der Waals surface area (Å²) in [5.41, 5.74) is 0. The van der Waals surface area contributed by atoms with Gasteiger partial charge in [-0.05, 0) is 38.3 Å². The van der Waals surface area contributed by atoms with Crippen molar-refractivity contribution in [3.63, 3.8) is 0 Å². The maximum atomic E-state index is 5.82. The Bertz CT molecular complexity index is 449. The van der Waals surface area contributed by atoms with E-state index in [2.05, 4.69) is 34.2 Å². The van der Waals surface area contributed by atoms with Crippen LogP contribution in [0.5, 0.6) is 0 Å². The van der Waals surface area contributed by atoms with Crippen LogP contribution in [-0.4, -0.2) is 47.8 Å². The van der Waals surface area contributed by atoms with E-state index in [1.807, 2.05) is 0 Å². The summed E-state index contributed by atoms with van der Waals surface area (Å²) in [6.07, 6.45) is 3.39. The highest BCUT2D eigenvalue weighted by molar-refractivity contribution is 4.99. The quantitative estimate of drug-likeness (QED) is 0.915. The Morgan fingerprint density at radius 1 is 1.43 bits per heavy atom. The fraction of sp³-hybridized carbons (Fsp3) is 0.867. The van der Waals surface area contributed by atoms with E-state index in [1.165, 1.54) is 6.42 Å². The van der Waals surface area contributed by atoms with Crippen LogP contribution < -0.4 is 5.32 Å². The van der Waals surface area contributed by atoms with Gasteiger partial charge in [0.2, 0.25) is 11.7 Å². The second-order valence-electron chi connectivity index (χ2n) is 6.29. The molecule has 0 aromatic carbocycles. The van der Waals surface area contributed by atoms with Crippen LogP contribution in [0.2, 0.25) is 0 Å². The monoisotopic (exact) mass is 294 g/mol. The second-order valence-corrected chi connectivity index (χ2v) is 6.29. The third-order valence-electron chi connectivity index (χ3n) is 4.40. The highest BCUT2D eigenvalue weighted by Crippen LogP contribution is 2.27. The summed E-state index contributed by atoms with van der Waals surface area (Å²) in [6, 6.07) is 0.199. The molecule has 1 aromatic heterocycles. The molecule has 3 heterocycles. The van der Waals surface area contributed by atoms with Gasteiger partial charge in [0.05, 0.1) is 12.6 Å². The first kappa shape index (κ1) is 14.9. The zero-order valence-electron chi connectivity index (χ0n) is 13.0. The van der Waals surface area contributed by atoms with E-state index in [0.717, 1.165) is 45.6 Å². The Morgan fingerprint density at radius 3 is 3.14 bits per heavy atom. The molecular weight excluding hydrogens is 268 g/mol. The first-order chi connectivity index (χ1) is 10.3. The number of nitrogens with one attached hydrogen (secondary N) is 1. The Hall–Kier alpha value is -0.980. The highest BCUT2D eigenvalue weighted by Gasteiger charge is 2.29. The third-order valence-corrected chi connectivity index (χ3v) is 4.40. The Labute approximate surface area is 126 Å². The summed E-state index contributed by atoms with van der Waals surface area (Å²) in [7, 11) is 0. The van der Waals surface area contributed by atoms with Crippen LogP contribution in [0.1, 0.15) is 57.0 Å². The number of piperidine rings is 1. The molecule has 3 rings (SSSR count). The van der Waals surface area contributed by atoms with Gasteiger partial charge < -0.3 is 14.6 Å². The number of ether oxygens (including phenoxy) is 1. The molecule has 0 aliphatic carbocycles. The van der Waals surface area contributed by atoms with Crippen molar-refractivity contribution < 1.29 is 9.26 Å². The van der Waals surface area contributed by atoms with Gasteiger partial charge in [-0.15, -0.1) is 0 Å². The van der Waals surface area contributed by atoms with Crippen molar-refractivity contribution in [2.24, 2.45) is 5.92 Å². The first-order valence-electron chi connectivity index (χ1n) is 8.17. The Morgan fingerprint density at radius 2 is 2.33 bits per heavy atom. The van der Waals surface area contributed by atoms with Gasteiger partial charge in [0.25, 0.3) is 0 Å². The molecule has 2 fully saturated rings. The van der Waals surface area contributed by atoms with Crippen LogP contribution in [-0.2, 0) is 4.74 Å². The number of aromatic nitrogens is 2. The normalized spacial score (nSPS) is 31.4. The van der Waals surface area contributed by atoms with Gasteiger partial charge in [0.1, 0.15) is 6.10 Å². The van der Waals surface area contributed by atoms with Gasteiger partial charge in [-0.25, -0.2) is 0 Å². The number of rotatable bonds is 4. The summed E-state index contributed by atoms with van der Waals surface area (Å²) in [4.78, 5) is 7.00. The molecule has 3 unspecified atom stereocenters. The van der Waals surface area contributed by atoms with Crippen LogP contribution >= 0.6 is 0 Å². The van der Waals surface area contributed by atoms with Gasteiger partial charge in [-0.2, -0.15) is 4.98 Å². The molecule has 21 heavy (non-hydrogen) atoms. The molecule has 0 amide bonds. The standard InChI is InChI=1S/C15H26N4O2/c1-3-6-19-7-8-20-13(10-19)14-17-15(21-18-14)12-9-11(2)4-5-16-12/h11-13,16H,3-10H2,1-2H3. The van der Waals surface area contributed by atoms with Gasteiger partial charge >= 0.3 is 0 Å². The van der Waals surface area contributed by atoms with Crippen LogP contribution in [0.3, 0.4) is 0 Å². The van der Waals surface area contributed by atoms with Gasteiger partial charge in [0.15, 0.2) is 0 Å². The van der Waals surface area contributed by atoms with Gasteiger partial charge in [-0.3, -0.25) is 4.90 Å². The van der Waals surface area contributed by atoms with Gasteiger partial charge in [-0.1, -0.05) is 19.0 Å². The van der Waals surface area contributed by atoms with Crippen LogP contribution in [0, 0.1) is 5.92 Å². The molecule has 2 aliphatic rings. The zero-order valence-corrected chi connectivity index (χ0v) is 13.0. The van der Waals surface area contributed by atoms with Crippen LogP contribution in [0.15, 0.2) is 4.52 Å². The van der Waals surface area contributed by atoms with Crippen LogP contribution in [0.25, 0.3) is 0 Å². The highest BCUT2D eigenvalue weighted by atomic mass is 16.5. The molecular formula is C15H26N4O2. The number of nitrogens with zero attached hydrogens (tertiary/aromatic N) is 3. The van der Waals surface area contributed by atoms with E-state index in [0.29, 0.717) is 17.6 Å². The van der Waals surface area contributed by atoms with Crippen molar-refractivity contribution in [1.82, 2.24) is 20.4 Å². The molecule has 1 N–H and O–H groups in total. The maximum Gasteiger partial charge on any atom is 0.243 e. The average molecular weight is 294 g/mol. The second kappa shape index (κ2) is 6.85. The van der Waals surface area contributed by atoms with Crippen molar-refractivity contribution in [1.29, 1.82) is 0 Å². The Balaban J connectivity index is 1.64. The largest absolute Gasteiger partial charge is 0.367 e. The SMILES string of the molecule is CCCN1CCOC(c2noc(C3CC(C)CCN3)n2)C1. The lowest BCUT2D eigenvalue weighted by atomic mass is 9.94. The lowest BCUT2D eigenvalue weighted by Crippen LogP contribution is -2.39. The number of hydrogen-bond donors (Lipinski definition) is 1. The molecule has 2 saturated heterocycles. The molecule has 0 bridgehead atoms. The van der Waals surface area contributed by atoms with E-state index in [4.69, 9.17) is 9.26 Å². The van der Waals surface area contributed by atoms with Crippen molar-refractivity contribution in [2.45, 2.75) is 45.3 Å². The predicted octanol–water partition coefficient (Wildman–Crippen LogP) is 1.91. The average Bonchev–Trinajstić information content (AvgIpc) is 2.98. The predicted molar refractivity (Wildman–Crippen MR) is 78.9 cm³/mol. The fourth-order valence-corrected chi connectivity index (χ4v) is 3.19. The fourth-order valence-electron chi connectivity index (χ4n) is 3.19. The lowest BCUT2D eigenvalue weighted by Gasteiger charge is -2.31.